The lowest BCUT2D eigenvalue weighted by Crippen LogP contribution is -2.14. The van der Waals surface area contributed by atoms with Crippen LogP contribution >= 0.6 is 0 Å². The molecule has 0 bridgehead atoms. The molecular weight excluding hydrogens is 260 g/mol. The van der Waals surface area contributed by atoms with Crippen LogP contribution in [0.25, 0.3) is 22.6 Å². The summed E-state index contributed by atoms with van der Waals surface area (Å²) in [4.78, 5) is 6.63. The van der Waals surface area contributed by atoms with Crippen LogP contribution in [0.1, 0.15) is 0 Å². The molecule has 0 unspecified atom stereocenters. The first-order valence-electron chi connectivity index (χ1n) is 6.78. The van der Waals surface area contributed by atoms with Crippen LogP contribution in [0.2, 0.25) is 0 Å². The zero-order valence-electron chi connectivity index (χ0n) is 12.1. The molecule has 0 aliphatic rings. The smallest absolute Gasteiger partial charge is 0.183 e. The van der Waals surface area contributed by atoms with Gasteiger partial charge in [-0.1, -0.05) is 60.7 Å². The molecule has 2 aromatic carbocycles. The highest BCUT2D eigenvalue weighted by Crippen LogP contribution is 2.27. The van der Waals surface area contributed by atoms with Crippen molar-refractivity contribution in [1.29, 1.82) is 0 Å². The maximum atomic E-state index is 4.67. The van der Waals surface area contributed by atoms with Crippen LogP contribution < -0.4 is 4.90 Å². The van der Waals surface area contributed by atoms with Gasteiger partial charge in [0.2, 0.25) is 0 Å². The van der Waals surface area contributed by atoms with E-state index < -0.39 is 0 Å². The molecule has 0 amide bonds. The molecule has 1 aromatic heterocycles. The third-order valence-corrected chi connectivity index (χ3v) is 3.17. The average Bonchev–Trinajstić information content (AvgIpc) is 2.56. The molecule has 0 saturated heterocycles. The monoisotopic (exact) mass is 276 g/mol. The van der Waals surface area contributed by atoms with Gasteiger partial charge in [-0.05, 0) is 0 Å². The minimum Gasteiger partial charge on any atom is -0.361 e. The zero-order valence-corrected chi connectivity index (χ0v) is 12.1. The second kappa shape index (κ2) is 5.71. The van der Waals surface area contributed by atoms with Gasteiger partial charge in [-0.15, -0.1) is 10.2 Å². The van der Waals surface area contributed by atoms with E-state index in [-0.39, 0.29) is 0 Å². The molecule has 21 heavy (non-hydrogen) atoms. The fraction of sp³-hybridized carbons (Fsp3) is 0.118. The highest BCUT2D eigenvalue weighted by Gasteiger charge is 2.13. The summed E-state index contributed by atoms with van der Waals surface area (Å²) in [5.74, 6) is 1.45. The first-order valence-corrected chi connectivity index (χ1v) is 6.78. The van der Waals surface area contributed by atoms with Crippen LogP contribution in [-0.4, -0.2) is 29.3 Å². The van der Waals surface area contributed by atoms with Gasteiger partial charge in [0, 0.05) is 25.2 Å². The van der Waals surface area contributed by atoms with E-state index in [1.807, 2.05) is 79.7 Å². The summed E-state index contributed by atoms with van der Waals surface area (Å²) in [6, 6.07) is 19.9. The van der Waals surface area contributed by atoms with Gasteiger partial charge in [0.15, 0.2) is 11.6 Å². The Morgan fingerprint density at radius 2 is 1.29 bits per heavy atom. The van der Waals surface area contributed by atoms with E-state index in [0.29, 0.717) is 5.82 Å². The lowest BCUT2D eigenvalue weighted by atomic mass is 10.1. The molecule has 1 heterocycles. The summed E-state index contributed by atoms with van der Waals surface area (Å²) in [5, 5.41) is 8.67. The van der Waals surface area contributed by atoms with Gasteiger partial charge < -0.3 is 4.90 Å². The Bertz CT molecular complexity index is 724. The molecule has 3 rings (SSSR count). The fourth-order valence-electron chi connectivity index (χ4n) is 2.12. The van der Waals surface area contributed by atoms with Crippen LogP contribution in [0.15, 0.2) is 60.7 Å². The lowest BCUT2D eigenvalue weighted by molar-refractivity contribution is 0.951. The summed E-state index contributed by atoms with van der Waals surface area (Å²) in [5.41, 5.74) is 2.77. The standard InChI is InChI=1S/C17H16N4/c1-21(2)17-15(13-9-5-3-6-10-13)19-20-16(18-17)14-11-7-4-8-12-14/h3-12H,1-2H3. The third-order valence-electron chi connectivity index (χ3n) is 3.17. The molecule has 0 atom stereocenters. The van der Waals surface area contributed by atoms with Crippen molar-refractivity contribution >= 4 is 5.82 Å². The van der Waals surface area contributed by atoms with Gasteiger partial charge in [0.25, 0.3) is 0 Å². The summed E-state index contributed by atoms with van der Waals surface area (Å²) in [6.45, 7) is 0. The number of hydrogen-bond acceptors (Lipinski definition) is 4. The summed E-state index contributed by atoms with van der Waals surface area (Å²) in [6.07, 6.45) is 0. The maximum absolute atomic E-state index is 4.67. The molecule has 0 fully saturated rings. The van der Waals surface area contributed by atoms with Crippen molar-refractivity contribution in [1.82, 2.24) is 15.2 Å². The van der Waals surface area contributed by atoms with E-state index in [2.05, 4.69) is 15.2 Å². The Morgan fingerprint density at radius 1 is 0.714 bits per heavy atom. The fourth-order valence-corrected chi connectivity index (χ4v) is 2.12. The van der Waals surface area contributed by atoms with Gasteiger partial charge >= 0.3 is 0 Å². The van der Waals surface area contributed by atoms with Crippen molar-refractivity contribution in [2.45, 2.75) is 0 Å². The first-order chi connectivity index (χ1) is 10.3. The summed E-state index contributed by atoms with van der Waals surface area (Å²) < 4.78 is 0. The number of anilines is 1. The second-order valence-electron chi connectivity index (χ2n) is 4.93. The van der Waals surface area contributed by atoms with Crippen LogP contribution in [-0.2, 0) is 0 Å². The molecule has 0 N–H and O–H groups in total. The van der Waals surface area contributed by atoms with E-state index in [1.165, 1.54) is 0 Å². The Labute approximate surface area is 124 Å². The van der Waals surface area contributed by atoms with Crippen molar-refractivity contribution in [3.8, 4) is 22.6 Å². The van der Waals surface area contributed by atoms with E-state index in [1.54, 1.807) is 0 Å². The minimum atomic E-state index is 0.638. The molecule has 104 valence electrons. The molecule has 4 nitrogen and oxygen atoms in total. The average molecular weight is 276 g/mol. The number of aromatic nitrogens is 3. The van der Waals surface area contributed by atoms with E-state index >= 15 is 0 Å². The Balaban J connectivity index is 2.12. The number of hydrogen-bond donors (Lipinski definition) is 0. The quantitative estimate of drug-likeness (QED) is 0.736. The molecule has 0 saturated carbocycles. The summed E-state index contributed by atoms with van der Waals surface area (Å²) >= 11 is 0. The molecule has 3 aromatic rings. The Kier molecular flexibility index (Phi) is 3.60. The molecule has 0 aliphatic carbocycles. The molecule has 0 radical (unpaired) electrons. The third kappa shape index (κ3) is 2.74. The molecule has 0 aliphatic heterocycles. The number of rotatable bonds is 3. The van der Waals surface area contributed by atoms with E-state index in [4.69, 9.17) is 0 Å². The van der Waals surface area contributed by atoms with Gasteiger partial charge in [-0.2, -0.15) is 0 Å². The SMILES string of the molecule is CN(C)c1nc(-c2ccccc2)nnc1-c1ccccc1. The Hall–Kier alpha value is -2.75. The van der Waals surface area contributed by atoms with Gasteiger partial charge in [0.05, 0.1) is 0 Å². The predicted octanol–water partition coefficient (Wildman–Crippen LogP) is 3.27. The van der Waals surface area contributed by atoms with Crippen molar-refractivity contribution in [3.63, 3.8) is 0 Å². The maximum Gasteiger partial charge on any atom is 0.183 e. The minimum absolute atomic E-state index is 0.638. The van der Waals surface area contributed by atoms with Crippen molar-refractivity contribution in [2.24, 2.45) is 0 Å². The van der Waals surface area contributed by atoms with Crippen LogP contribution in [0.3, 0.4) is 0 Å². The van der Waals surface area contributed by atoms with Gasteiger partial charge in [0.1, 0.15) is 5.69 Å². The highest BCUT2D eigenvalue weighted by molar-refractivity contribution is 5.73. The van der Waals surface area contributed by atoms with Crippen LogP contribution in [0.4, 0.5) is 5.82 Å². The van der Waals surface area contributed by atoms with Crippen molar-refractivity contribution in [2.75, 3.05) is 19.0 Å². The topological polar surface area (TPSA) is 41.9 Å². The predicted molar refractivity (Wildman–Crippen MR) is 85.0 cm³/mol. The number of benzene rings is 2. The Morgan fingerprint density at radius 3 is 1.86 bits per heavy atom. The van der Waals surface area contributed by atoms with Gasteiger partial charge in [-0.3, -0.25) is 0 Å². The highest BCUT2D eigenvalue weighted by atomic mass is 15.2. The molecule has 4 heteroatoms. The molecular formula is C17H16N4. The van der Waals surface area contributed by atoms with Crippen molar-refractivity contribution < 1.29 is 0 Å². The zero-order chi connectivity index (χ0) is 14.7. The molecule has 0 spiro atoms. The van der Waals surface area contributed by atoms with Crippen LogP contribution in [0, 0.1) is 0 Å². The van der Waals surface area contributed by atoms with Gasteiger partial charge in [-0.25, -0.2) is 4.98 Å². The van der Waals surface area contributed by atoms with Crippen LogP contribution in [0.5, 0.6) is 0 Å². The number of nitrogens with zero attached hydrogens (tertiary/aromatic N) is 4. The summed E-state index contributed by atoms with van der Waals surface area (Å²) in [7, 11) is 3.93. The second-order valence-corrected chi connectivity index (χ2v) is 4.93. The largest absolute Gasteiger partial charge is 0.361 e. The van der Waals surface area contributed by atoms with Crippen molar-refractivity contribution in [3.05, 3.63) is 60.7 Å². The van der Waals surface area contributed by atoms with E-state index in [0.717, 1.165) is 22.6 Å². The lowest BCUT2D eigenvalue weighted by Gasteiger charge is -2.15. The first kappa shape index (κ1) is 13.2. The van der Waals surface area contributed by atoms with E-state index in [9.17, 15) is 0 Å². The normalized spacial score (nSPS) is 10.4.